The number of likely N-dealkylation sites (tertiary alicyclic amines) is 2. The zero-order chi connectivity index (χ0) is 40.3. The molecule has 2 aromatic carbocycles. The van der Waals surface area contributed by atoms with E-state index in [0.717, 1.165) is 96.9 Å². The minimum absolute atomic E-state index is 0.146. The van der Waals surface area contributed by atoms with E-state index < -0.39 is 0 Å². The molecular weight excluding hydrogens is 747 g/mol. The molecule has 6 heterocycles. The Kier molecular flexibility index (Phi) is 12.4. The lowest BCUT2D eigenvalue weighted by Gasteiger charge is -2.27. The molecule has 59 heavy (non-hydrogen) atoms. The summed E-state index contributed by atoms with van der Waals surface area (Å²) in [5.74, 6) is -0.146. The van der Waals surface area contributed by atoms with E-state index in [-0.39, 0.29) is 29.1 Å². The summed E-state index contributed by atoms with van der Waals surface area (Å²) < 4.78 is 14.0. The fourth-order valence-electron chi connectivity index (χ4n) is 9.95. The molecule has 0 atom stereocenters. The van der Waals surface area contributed by atoms with E-state index in [2.05, 4.69) is 43.9 Å². The molecular formula is C46H59N7O6. The number of morpholine rings is 2. The van der Waals surface area contributed by atoms with Gasteiger partial charge in [0, 0.05) is 81.8 Å². The van der Waals surface area contributed by atoms with Gasteiger partial charge < -0.3 is 19.5 Å². The highest BCUT2D eigenvalue weighted by molar-refractivity contribution is 6.19. The zero-order valence-corrected chi connectivity index (χ0v) is 34.5. The minimum Gasteiger partial charge on any atom is -0.494 e. The second-order valence-corrected chi connectivity index (χ2v) is 17.0. The summed E-state index contributed by atoms with van der Waals surface area (Å²) in [5, 5.41) is 14.3. The van der Waals surface area contributed by atoms with Gasteiger partial charge in [0.15, 0.2) is 0 Å². The average Bonchev–Trinajstić information content (AvgIpc) is 3.79. The molecule has 13 heteroatoms. The second kappa shape index (κ2) is 18.2. The van der Waals surface area contributed by atoms with Gasteiger partial charge in [-0.3, -0.25) is 43.2 Å². The highest BCUT2D eigenvalue weighted by atomic mass is 16.5. The Morgan fingerprint density at radius 2 is 1.14 bits per heavy atom. The number of nitrogens with zero attached hydrogens (tertiary/aromatic N) is 7. The molecule has 0 amide bonds. The van der Waals surface area contributed by atoms with Crippen molar-refractivity contribution in [1.82, 2.24) is 28.7 Å². The number of aromatic hydroxyl groups is 1. The van der Waals surface area contributed by atoms with Crippen LogP contribution in [0.5, 0.6) is 5.88 Å². The largest absolute Gasteiger partial charge is 0.494 e. The van der Waals surface area contributed by atoms with Crippen LogP contribution in [0.25, 0.3) is 43.8 Å². The van der Waals surface area contributed by atoms with Crippen LogP contribution in [0.3, 0.4) is 0 Å². The monoisotopic (exact) mass is 805 g/mol. The number of piperidine rings is 1. The normalized spacial score (nSPS) is 19.6. The number of pyridine rings is 2. The molecule has 1 aromatic heterocycles. The first-order valence-electron chi connectivity index (χ1n) is 22.2. The summed E-state index contributed by atoms with van der Waals surface area (Å²) in [5.41, 5.74) is 2.37. The van der Waals surface area contributed by atoms with Gasteiger partial charge in [0.05, 0.1) is 54.7 Å². The Morgan fingerprint density at radius 3 is 1.80 bits per heavy atom. The molecule has 4 saturated heterocycles. The van der Waals surface area contributed by atoms with E-state index in [1.54, 1.807) is 6.07 Å². The summed E-state index contributed by atoms with van der Waals surface area (Å²) in [4.78, 5) is 59.0. The van der Waals surface area contributed by atoms with Gasteiger partial charge in [0.2, 0.25) is 5.88 Å². The number of hydrogen-bond acceptors (Lipinski definition) is 11. The van der Waals surface area contributed by atoms with Crippen LogP contribution in [0, 0.1) is 0 Å². The number of benzene rings is 3. The number of rotatable bonds is 14. The Morgan fingerprint density at radius 1 is 0.559 bits per heavy atom. The lowest BCUT2D eigenvalue weighted by atomic mass is 9.86. The molecule has 9 rings (SSSR count). The molecule has 0 unspecified atom stereocenters. The third-order valence-electron chi connectivity index (χ3n) is 13.2. The first kappa shape index (κ1) is 40.2. The predicted octanol–water partition coefficient (Wildman–Crippen LogP) is 3.46. The van der Waals surface area contributed by atoms with Crippen molar-refractivity contribution in [2.45, 2.75) is 64.6 Å². The molecule has 4 fully saturated rings. The Balaban J connectivity index is 1.21. The highest BCUT2D eigenvalue weighted by Gasteiger charge is 2.30. The third-order valence-corrected chi connectivity index (χ3v) is 13.2. The fraction of sp³-hybridized carbons (Fsp3) is 0.565. The second-order valence-electron chi connectivity index (χ2n) is 17.0. The molecule has 5 aliphatic heterocycles. The van der Waals surface area contributed by atoms with Crippen molar-refractivity contribution in [3.05, 3.63) is 78.4 Å². The molecule has 0 spiro atoms. The third kappa shape index (κ3) is 8.42. The molecule has 3 aromatic rings. The van der Waals surface area contributed by atoms with Crippen molar-refractivity contribution in [3.63, 3.8) is 0 Å². The lowest BCUT2D eigenvalue weighted by Crippen LogP contribution is -2.40. The number of hydrogen-bond donors (Lipinski definition) is 1. The number of ether oxygens (including phenoxy) is 2. The summed E-state index contributed by atoms with van der Waals surface area (Å²) in [6.07, 6.45) is 7.34. The van der Waals surface area contributed by atoms with E-state index in [0.29, 0.717) is 96.0 Å². The molecule has 1 N–H and O–H groups in total. The van der Waals surface area contributed by atoms with E-state index in [9.17, 15) is 19.5 Å². The summed E-state index contributed by atoms with van der Waals surface area (Å²) in [6, 6.07) is 12.0. The molecule has 13 nitrogen and oxygen atoms in total. The Bertz CT molecular complexity index is 2420. The summed E-state index contributed by atoms with van der Waals surface area (Å²) >= 11 is 0. The summed E-state index contributed by atoms with van der Waals surface area (Å²) in [6.45, 7) is 14.5. The smallest absolute Gasteiger partial charge is 0.263 e. The van der Waals surface area contributed by atoms with E-state index in [1.165, 1.54) is 34.0 Å². The van der Waals surface area contributed by atoms with Crippen LogP contribution in [0.15, 0.2) is 55.8 Å². The molecule has 6 aliphatic rings. The SMILES string of the molecule is O=c1c2c(=NCCN3CCCC3)cc3c(=O)n(CCCN4CCOCC4)c(=O)c4c(-c5ccc(CN6CCCCC6)cc5)cc(c(O)n1CCCN1CCOCC1)c2c4-3. The van der Waals surface area contributed by atoms with Crippen LogP contribution in [0.2, 0.25) is 0 Å². The average molecular weight is 806 g/mol. The topological polar surface area (TPSA) is 125 Å². The summed E-state index contributed by atoms with van der Waals surface area (Å²) in [7, 11) is 0. The van der Waals surface area contributed by atoms with Crippen LogP contribution in [-0.4, -0.2) is 139 Å². The van der Waals surface area contributed by atoms with Crippen LogP contribution in [-0.2, 0) is 29.1 Å². The van der Waals surface area contributed by atoms with E-state index >= 15 is 0 Å². The van der Waals surface area contributed by atoms with Crippen molar-refractivity contribution in [3.8, 4) is 28.1 Å². The van der Waals surface area contributed by atoms with Crippen LogP contribution in [0.1, 0.15) is 50.5 Å². The van der Waals surface area contributed by atoms with Crippen LogP contribution >= 0.6 is 0 Å². The predicted molar refractivity (Wildman–Crippen MR) is 231 cm³/mol. The maximum atomic E-state index is 14.9. The Hall–Kier alpha value is -4.24. The van der Waals surface area contributed by atoms with Crippen molar-refractivity contribution >= 4 is 21.5 Å². The molecule has 314 valence electrons. The van der Waals surface area contributed by atoms with Gasteiger partial charge in [-0.2, -0.15) is 0 Å². The maximum Gasteiger partial charge on any atom is 0.263 e. The Labute approximate surface area is 345 Å². The molecule has 0 radical (unpaired) electrons. The minimum atomic E-state index is -0.383. The molecule has 1 aliphatic carbocycles. The van der Waals surface area contributed by atoms with E-state index in [1.807, 2.05) is 6.07 Å². The van der Waals surface area contributed by atoms with Gasteiger partial charge in [0.25, 0.3) is 16.7 Å². The maximum absolute atomic E-state index is 14.9. The highest BCUT2D eigenvalue weighted by Crippen LogP contribution is 2.42. The van der Waals surface area contributed by atoms with Crippen molar-refractivity contribution in [1.29, 1.82) is 0 Å². The molecule has 0 bridgehead atoms. The molecule has 0 saturated carbocycles. The van der Waals surface area contributed by atoms with Crippen molar-refractivity contribution in [2.75, 3.05) is 105 Å². The first-order valence-corrected chi connectivity index (χ1v) is 22.2. The van der Waals surface area contributed by atoms with Gasteiger partial charge in [-0.05, 0) is 93.5 Å². The van der Waals surface area contributed by atoms with Gasteiger partial charge >= 0.3 is 0 Å². The quantitative estimate of drug-likeness (QED) is 0.167. The van der Waals surface area contributed by atoms with Crippen LogP contribution in [0.4, 0.5) is 0 Å². The van der Waals surface area contributed by atoms with Gasteiger partial charge in [-0.25, -0.2) is 0 Å². The van der Waals surface area contributed by atoms with Crippen LogP contribution < -0.4 is 22.0 Å². The zero-order valence-electron chi connectivity index (χ0n) is 34.5. The first-order chi connectivity index (χ1) is 28.9. The van der Waals surface area contributed by atoms with E-state index in [4.69, 9.17) is 14.5 Å². The lowest BCUT2D eigenvalue weighted by molar-refractivity contribution is 0.0368. The van der Waals surface area contributed by atoms with Crippen molar-refractivity contribution < 1.29 is 14.6 Å². The number of aromatic nitrogens is 2. The standard InChI is InChI=1S/C46H59N7O6/c54-43-36-30-35(34-10-8-33(9-11-34)32-51-15-2-1-3-16-51)41-39-37(44(55)52(45(41)56)19-6-17-49-22-26-58-27-23-49)31-38(47-12-21-48-13-4-5-14-48)42(40(36)39)46(57)53(43)20-7-18-50-24-28-59-29-25-50/h8-11,30-31,54H,1-7,12-29,32H2. The van der Waals surface area contributed by atoms with Gasteiger partial charge in [0.1, 0.15) is 0 Å². The van der Waals surface area contributed by atoms with Gasteiger partial charge in [-0.1, -0.05) is 30.7 Å². The van der Waals surface area contributed by atoms with Crippen molar-refractivity contribution in [2.24, 2.45) is 4.99 Å². The fourth-order valence-corrected chi connectivity index (χ4v) is 9.95. The van der Waals surface area contributed by atoms with Gasteiger partial charge in [-0.15, -0.1) is 0 Å².